The highest BCUT2D eigenvalue weighted by molar-refractivity contribution is 7.25. The summed E-state index contributed by atoms with van der Waals surface area (Å²) in [6.07, 6.45) is 0. The zero-order valence-corrected chi connectivity index (χ0v) is 21.7. The summed E-state index contributed by atoms with van der Waals surface area (Å²) in [6, 6.07) is 41.2. The van der Waals surface area contributed by atoms with E-state index in [-0.39, 0.29) is 5.28 Å². The zero-order chi connectivity index (χ0) is 25.2. The molecular weight excluding hydrogens is 504 g/mol. The summed E-state index contributed by atoms with van der Waals surface area (Å²) in [7, 11) is 0. The first kappa shape index (κ1) is 21.7. The molecule has 2 nitrogen and oxygen atoms in total. The van der Waals surface area contributed by atoms with Gasteiger partial charge in [-0.1, -0.05) is 97.1 Å². The monoisotopic (exact) mass is 522 g/mol. The molecule has 0 N–H and O–H groups in total. The number of hydrogen-bond donors (Lipinski definition) is 0. The Hall–Kier alpha value is -4.31. The maximum atomic E-state index is 6.41. The van der Waals surface area contributed by atoms with E-state index >= 15 is 0 Å². The lowest BCUT2D eigenvalue weighted by Crippen LogP contribution is -1.90. The lowest BCUT2D eigenvalue weighted by molar-refractivity contribution is 1.24. The number of thiophene rings is 1. The van der Waals surface area contributed by atoms with Crippen molar-refractivity contribution in [2.45, 2.75) is 0 Å². The predicted octanol–water partition coefficient (Wildman–Crippen LogP) is 10.3. The SMILES string of the molecule is Clc1nc(-c2cccc(-c3ccc4c5ccccc5c5ccccc5c4c3)c2)c2c(n1)sc1ccccc12. The molecule has 0 aliphatic carbocycles. The van der Waals surface area contributed by atoms with E-state index in [4.69, 9.17) is 16.6 Å². The largest absolute Gasteiger partial charge is 0.224 e. The molecule has 0 amide bonds. The minimum Gasteiger partial charge on any atom is -0.217 e. The van der Waals surface area contributed by atoms with Gasteiger partial charge in [0.1, 0.15) is 4.83 Å². The van der Waals surface area contributed by atoms with E-state index in [1.165, 1.54) is 42.6 Å². The van der Waals surface area contributed by atoms with Crippen LogP contribution in [0.15, 0.2) is 115 Å². The second-order valence-electron chi connectivity index (χ2n) is 9.55. The molecule has 2 aromatic heterocycles. The molecule has 0 spiro atoms. The summed E-state index contributed by atoms with van der Waals surface area (Å²) < 4.78 is 1.19. The summed E-state index contributed by atoms with van der Waals surface area (Å²) >= 11 is 8.06. The molecule has 38 heavy (non-hydrogen) atoms. The van der Waals surface area contributed by atoms with Crippen molar-refractivity contribution in [1.29, 1.82) is 0 Å². The molecule has 8 rings (SSSR count). The Kier molecular flexibility index (Phi) is 4.78. The summed E-state index contributed by atoms with van der Waals surface area (Å²) in [4.78, 5) is 10.2. The molecule has 6 aromatic carbocycles. The second kappa shape index (κ2) is 8.35. The Morgan fingerprint density at radius 2 is 1.05 bits per heavy atom. The van der Waals surface area contributed by atoms with Crippen molar-refractivity contribution < 1.29 is 0 Å². The van der Waals surface area contributed by atoms with Crippen molar-refractivity contribution in [3.63, 3.8) is 0 Å². The summed E-state index contributed by atoms with van der Waals surface area (Å²) in [6.45, 7) is 0. The van der Waals surface area contributed by atoms with Gasteiger partial charge < -0.3 is 0 Å². The Labute approximate surface area is 227 Å². The Balaban J connectivity index is 1.36. The van der Waals surface area contributed by atoms with Gasteiger partial charge in [0.05, 0.1) is 5.69 Å². The molecule has 8 aromatic rings. The molecule has 2 heterocycles. The van der Waals surface area contributed by atoms with Crippen LogP contribution in [0.1, 0.15) is 0 Å². The van der Waals surface area contributed by atoms with Crippen LogP contribution < -0.4 is 0 Å². The molecule has 0 bridgehead atoms. The Morgan fingerprint density at radius 3 is 1.79 bits per heavy atom. The fourth-order valence-electron chi connectivity index (χ4n) is 5.74. The van der Waals surface area contributed by atoms with E-state index in [1.807, 2.05) is 0 Å². The van der Waals surface area contributed by atoms with E-state index in [2.05, 4.69) is 120 Å². The highest BCUT2D eigenvalue weighted by atomic mass is 35.5. The van der Waals surface area contributed by atoms with Gasteiger partial charge in [0.25, 0.3) is 0 Å². The predicted molar refractivity (Wildman–Crippen MR) is 163 cm³/mol. The number of hydrogen-bond acceptors (Lipinski definition) is 3. The number of aromatic nitrogens is 2. The van der Waals surface area contributed by atoms with Gasteiger partial charge in [0, 0.05) is 21.0 Å². The minimum absolute atomic E-state index is 0.272. The molecule has 0 atom stereocenters. The zero-order valence-electron chi connectivity index (χ0n) is 20.2. The van der Waals surface area contributed by atoms with Gasteiger partial charge in [0.15, 0.2) is 0 Å². The van der Waals surface area contributed by atoms with Crippen LogP contribution in [0.3, 0.4) is 0 Å². The molecule has 0 saturated heterocycles. The van der Waals surface area contributed by atoms with Gasteiger partial charge in [-0.25, -0.2) is 9.97 Å². The van der Waals surface area contributed by atoms with Gasteiger partial charge in [-0.15, -0.1) is 11.3 Å². The van der Waals surface area contributed by atoms with E-state index < -0.39 is 0 Å². The standard InChI is InChI=1S/C34H19ClN2S/c35-34-36-32(31-28-14-5-6-15-30(28)38-33(31)37-34)22-9-7-8-20(18-22)21-16-17-27-25-12-2-1-10-23(25)24-11-3-4-13-26(24)29(27)19-21/h1-19H. The van der Waals surface area contributed by atoms with Crippen molar-refractivity contribution in [2.24, 2.45) is 0 Å². The van der Waals surface area contributed by atoms with Crippen LogP contribution in [0.5, 0.6) is 0 Å². The second-order valence-corrected chi connectivity index (χ2v) is 10.9. The number of halogens is 1. The van der Waals surface area contributed by atoms with Gasteiger partial charge in [-0.05, 0) is 73.2 Å². The maximum absolute atomic E-state index is 6.41. The van der Waals surface area contributed by atoms with E-state index in [0.29, 0.717) is 0 Å². The van der Waals surface area contributed by atoms with Crippen molar-refractivity contribution in [3.05, 3.63) is 121 Å². The van der Waals surface area contributed by atoms with Gasteiger partial charge in [0.2, 0.25) is 5.28 Å². The number of fused-ring (bicyclic) bond motifs is 9. The summed E-state index contributed by atoms with van der Waals surface area (Å²) in [5.74, 6) is 0. The lowest BCUT2D eigenvalue weighted by Gasteiger charge is -2.12. The first-order valence-corrected chi connectivity index (χ1v) is 13.7. The molecule has 0 aliphatic rings. The molecule has 178 valence electrons. The molecule has 0 unspecified atom stereocenters. The average Bonchev–Trinajstić information content (AvgIpc) is 3.35. The highest BCUT2D eigenvalue weighted by Gasteiger charge is 2.16. The smallest absolute Gasteiger partial charge is 0.217 e. The molecule has 0 aliphatic heterocycles. The first-order valence-electron chi connectivity index (χ1n) is 12.5. The fourth-order valence-corrected chi connectivity index (χ4v) is 7.03. The molecule has 4 heteroatoms. The third-order valence-corrected chi connectivity index (χ3v) is 8.66. The van der Waals surface area contributed by atoms with Crippen LogP contribution >= 0.6 is 22.9 Å². The number of benzene rings is 6. The summed E-state index contributed by atoms with van der Waals surface area (Å²) in [5.41, 5.74) is 4.22. The van der Waals surface area contributed by atoms with E-state index in [9.17, 15) is 0 Å². The van der Waals surface area contributed by atoms with Gasteiger partial charge in [-0.3, -0.25) is 0 Å². The first-order chi connectivity index (χ1) is 18.7. The topological polar surface area (TPSA) is 25.8 Å². The van der Waals surface area contributed by atoms with Crippen molar-refractivity contribution in [1.82, 2.24) is 9.97 Å². The van der Waals surface area contributed by atoms with Crippen LogP contribution in [0.2, 0.25) is 5.28 Å². The minimum atomic E-state index is 0.272. The molecule has 0 saturated carbocycles. The Bertz CT molecular complexity index is 2180. The lowest BCUT2D eigenvalue weighted by atomic mass is 9.91. The third kappa shape index (κ3) is 3.26. The van der Waals surface area contributed by atoms with Crippen molar-refractivity contribution in [2.75, 3.05) is 0 Å². The quantitative estimate of drug-likeness (QED) is 0.167. The van der Waals surface area contributed by atoms with E-state index in [1.54, 1.807) is 11.3 Å². The number of nitrogens with zero attached hydrogens (tertiary/aromatic N) is 2. The van der Waals surface area contributed by atoms with Crippen LogP contribution in [0.25, 0.3) is 75.0 Å². The van der Waals surface area contributed by atoms with Crippen molar-refractivity contribution in [3.8, 4) is 22.4 Å². The molecule has 0 fully saturated rings. The summed E-state index contributed by atoms with van der Waals surface area (Å²) in [5, 5.41) is 10.1. The van der Waals surface area contributed by atoms with E-state index in [0.717, 1.165) is 32.4 Å². The maximum Gasteiger partial charge on any atom is 0.224 e. The van der Waals surface area contributed by atoms with Crippen LogP contribution in [-0.4, -0.2) is 9.97 Å². The van der Waals surface area contributed by atoms with Crippen LogP contribution in [-0.2, 0) is 0 Å². The average molecular weight is 523 g/mol. The Morgan fingerprint density at radius 1 is 0.474 bits per heavy atom. The van der Waals surface area contributed by atoms with Crippen molar-refractivity contribution >= 4 is 75.6 Å². The molecular formula is C34H19ClN2S. The van der Waals surface area contributed by atoms with Gasteiger partial charge >= 0.3 is 0 Å². The third-order valence-electron chi connectivity index (χ3n) is 7.43. The van der Waals surface area contributed by atoms with Crippen LogP contribution in [0.4, 0.5) is 0 Å². The molecule has 0 radical (unpaired) electrons. The van der Waals surface area contributed by atoms with Crippen LogP contribution in [0, 0.1) is 0 Å². The normalized spacial score (nSPS) is 11.8. The highest BCUT2D eigenvalue weighted by Crippen LogP contribution is 2.41. The fraction of sp³-hybridized carbons (Fsp3) is 0. The number of rotatable bonds is 2. The van der Waals surface area contributed by atoms with Gasteiger partial charge in [-0.2, -0.15) is 0 Å².